The molecule has 0 aromatic heterocycles. The molecule has 23 heavy (non-hydrogen) atoms. The number of benzene rings is 1. The summed E-state index contributed by atoms with van der Waals surface area (Å²) >= 11 is 0. The van der Waals surface area contributed by atoms with Crippen LogP contribution in [0, 0.1) is 0 Å². The lowest BCUT2D eigenvalue weighted by Crippen LogP contribution is -2.52. The van der Waals surface area contributed by atoms with Gasteiger partial charge in [0.25, 0.3) is 10.2 Å². The van der Waals surface area contributed by atoms with E-state index in [4.69, 9.17) is 0 Å². The minimum Gasteiger partial charge on any atom is -0.297 e. The normalized spacial score (nSPS) is 22.1. The van der Waals surface area contributed by atoms with Crippen molar-refractivity contribution >= 4 is 16.3 Å². The summed E-state index contributed by atoms with van der Waals surface area (Å²) in [6, 6.07) is 10.2. The average molecular weight is 335 g/mol. The summed E-state index contributed by atoms with van der Waals surface area (Å²) in [5.41, 5.74) is 1.20. The molecule has 0 saturated carbocycles. The van der Waals surface area contributed by atoms with Crippen LogP contribution in [0.15, 0.2) is 36.4 Å². The molecule has 0 amide bonds. The van der Waals surface area contributed by atoms with Crippen molar-refractivity contribution in [2.24, 2.45) is 0 Å². The number of hydrogen-bond acceptors (Lipinski definition) is 3. The summed E-state index contributed by atoms with van der Waals surface area (Å²) < 4.78 is 28.3. The number of rotatable bonds is 5. The van der Waals surface area contributed by atoms with Crippen molar-refractivity contribution in [2.75, 3.05) is 45.8 Å². The van der Waals surface area contributed by atoms with Gasteiger partial charge in [0.1, 0.15) is 0 Å². The van der Waals surface area contributed by atoms with E-state index in [0.29, 0.717) is 26.2 Å². The van der Waals surface area contributed by atoms with Crippen molar-refractivity contribution in [2.45, 2.75) is 12.8 Å². The largest absolute Gasteiger partial charge is 0.297 e. The van der Waals surface area contributed by atoms with Crippen LogP contribution in [0.1, 0.15) is 18.4 Å². The molecule has 0 spiro atoms. The molecule has 2 aliphatic heterocycles. The van der Waals surface area contributed by atoms with Crippen molar-refractivity contribution in [3.63, 3.8) is 0 Å². The zero-order valence-electron chi connectivity index (χ0n) is 13.5. The molecule has 5 nitrogen and oxygen atoms in total. The lowest BCUT2D eigenvalue weighted by Gasteiger charge is -2.35. The molecule has 6 heteroatoms. The molecular weight excluding hydrogens is 310 g/mol. The molecular formula is C17H25N3O2S. The van der Waals surface area contributed by atoms with Crippen LogP contribution in [0.2, 0.25) is 0 Å². The number of hydrogen-bond donors (Lipinski definition) is 0. The molecule has 2 heterocycles. The Morgan fingerprint density at radius 3 is 2.13 bits per heavy atom. The molecule has 0 radical (unpaired) electrons. The van der Waals surface area contributed by atoms with Gasteiger partial charge in [0, 0.05) is 45.8 Å². The molecule has 2 saturated heterocycles. The highest BCUT2D eigenvalue weighted by molar-refractivity contribution is 7.86. The van der Waals surface area contributed by atoms with E-state index in [1.165, 1.54) is 5.56 Å². The van der Waals surface area contributed by atoms with Crippen molar-refractivity contribution in [1.82, 2.24) is 13.5 Å². The van der Waals surface area contributed by atoms with Crippen molar-refractivity contribution < 1.29 is 8.42 Å². The predicted molar refractivity (Wildman–Crippen MR) is 93.2 cm³/mol. The minimum absolute atomic E-state index is 0.595. The first kappa shape index (κ1) is 16.6. The van der Waals surface area contributed by atoms with Gasteiger partial charge < -0.3 is 0 Å². The van der Waals surface area contributed by atoms with Crippen molar-refractivity contribution in [1.29, 1.82) is 0 Å². The highest BCUT2D eigenvalue weighted by Crippen LogP contribution is 2.18. The molecule has 2 aliphatic rings. The van der Waals surface area contributed by atoms with Crippen LogP contribution >= 0.6 is 0 Å². The van der Waals surface area contributed by atoms with Crippen LogP contribution in [-0.2, 0) is 10.2 Å². The van der Waals surface area contributed by atoms with Crippen molar-refractivity contribution in [3.8, 4) is 0 Å². The Balaban J connectivity index is 1.48. The topological polar surface area (TPSA) is 43.9 Å². The van der Waals surface area contributed by atoms with Gasteiger partial charge in [-0.2, -0.15) is 17.0 Å². The third-order valence-corrected chi connectivity index (χ3v) is 6.56. The lowest BCUT2D eigenvalue weighted by atomic mass is 10.2. The van der Waals surface area contributed by atoms with E-state index in [-0.39, 0.29) is 0 Å². The Morgan fingerprint density at radius 2 is 1.48 bits per heavy atom. The fraction of sp³-hybridized carbons (Fsp3) is 0.529. The highest BCUT2D eigenvalue weighted by Gasteiger charge is 2.33. The molecule has 0 aliphatic carbocycles. The summed E-state index contributed by atoms with van der Waals surface area (Å²) in [5.74, 6) is 0. The maximum atomic E-state index is 12.5. The molecule has 0 N–H and O–H groups in total. The zero-order valence-corrected chi connectivity index (χ0v) is 14.3. The molecule has 1 aromatic carbocycles. The van der Waals surface area contributed by atoms with Crippen LogP contribution in [0.5, 0.6) is 0 Å². The van der Waals surface area contributed by atoms with E-state index < -0.39 is 10.2 Å². The Bertz CT molecular complexity index is 616. The molecule has 0 unspecified atom stereocenters. The fourth-order valence-electron chi connectivity index (χ4n) is 3.13. The van der Waals surface area contributed by atoms with Gasteiger partial charge in [0.05, 0.1) is 0 Å². The Morgan fingerprint density at radius 1 is 0.870 bits per heavy atom. The van der Waals surface area contributed by atoms with Crippen LogP contribution in [0.4, 0.5) is 0 Å². The van der Waals surface area contributed by atoms with Crippen LogP contribution < -0.4 is 0 Å². The van der Waals surface area contributed by atoms with Crippen LogP contribution in [-0.4, -0.2) is 67.7 Å². The summed E-state index contributed by atoms with van der Waals surface area (Å²) in [6.45, 7) is 5.02. The van der Waals surface area contributed by atoms with Gasteiger partial charge in [-0.1, -0.05) is 42.5 Å². The second-order valence-corrected chi connectivity index (χ2v) is 8.06. The summed E-state index contributed by atoms with van der Waals surface area (Å²) in [6.07, 6.45) is 6.25. The monoisotopic (exact) mass is 335 g/mol. The zero-order chi connectivity index (χ0) is 16.1. The summed E-state index contributed by atoms with van der Waals surface area (Å²) in [5, 5.41) is 0. The quantitative estimate of drug-likeness (QED) is 0.822. The first-order valence-electron chi connectivity index (χ1n) is 8.35. The minimum atomic E-state index is -3.23. The highest BCUT2D eigenvalue weighted by atomic mass is 32.2. The van der Waals surface area contributed by atoms with Gasteiger partial charge in [0.15, 0.2) is 0 Å². The van der Waals surface area contributed by atoms with E-state index in [1.54, 1.807) is 8.61 Å². The maximum absolute atomic E-state index is 12.5. The molecule has 1 aromatic rings. The van der Waals surface area contributed by atoms with Crippen molar-refractivity contribution in [3.05, 3.63) is 42.0 Å². The second kappa shape index (κ2) is 7.57. The van der Waals surface area contributed by atoms with Gasteiger partial charge >= 0.3 is 0 Å². The SMILES string of the molecule is O=S(=O)(N1CCCC1)N1CCN(C/C=C/c2ccccc2)CC1. The van der Waals surface area contributed by atoms with E-state index in [1.807, 2.05) is 18.2 Å². The standard InChI is InChI=1S/C17H25N3O2S/c21-23(22,19-11-4-5-12-19)20-15-13-18(14-16-20)10-6-9-17-7-2-1-3-8-17/h1-3,6-9H,4-5,10-16H2/b9-6+. The Labute approximate surface area is 139 Å². The molecule has 0 atom stereocenters. The number of piperazine rings is 1. The first-order valence-corrected chi connectivity index (χ1v) is 9.75. The lowest BCUT2D eigenvalue weighted by molar-refractivity contribution is 0.197. The van der Waals surface area contributed by atoms with Gasteiger partial charge in [-0.05, 0) is 18.4 Å². The Kier molecular flexibility index (Phi) is 5.48. The second-order valence-electron chi connectivity index (χ2n) is 6.13. The third kappa shape index (κ3) is 4.20. The van der Waals surface area contributed by atoms with Crippen LogP contribution in [0.25, 0.3) is 6.08 Å². The van der Waals surface area contributed by atoms with Crippen LogP contribution in [0.3, 0.4) is 0 Å². The maximum Gasteiger partial charge on any atom is 0.282 e. The van der Waals surface area contributed by atoms with E-state index >= 15 is 0 Å². The Hall–Kier alpha value is -1.21. The molecule has 2 fully saturated rings. The van der Waals surface area contributed by atoms with Gasteiger partial charge in [-0.15, -0.1) is 0 Å². The molecule has 0 bridgehead atoms. The molecule has 126 valence electrons. The summed E-state index contributed by atoms with van der Waals surface area (Å²) in [4.78, 5) is 2.30. The third-order valence-electron chi connectivity index (χ3n) is 4.52. The van der Waals surface area contributed by atoms with Gasteiger partial charge in [-0.25, -0.2) is 0 Å². The number of nitrogens with zero attached hydrogens (tertiary/aromatic N) is 3. The van der Waals surface area contributed by atoms with E-state index in [0.717, 1.165) is 32.5 Å². The summed E-state index contributed by atoms with van der Waals surface area (Å²) in [7, 11) is -3.23. The van der Waals surface area contributed by atoms with Gasteiger partial charge in [-0.3, -0.25) is 4.90 Å². The van der Waals surface area contributed by atoms with E-state index in [2.05, 4.69) is 29.2 Å². The smallest absolute Gasteiger partial charge is 0.282 e. The van der Waals surface area contributed by atoms with E-state index in [9.17, 15) is 8.42 Å². The first-order chi connectivity index (χ1) is 11.2. The average Bonchev–Trinajstić information content (AvgIpc) is 3.12. The predicted octanol–water partition coefficient (Wildman–Crippen LogP) is 1.66. The fourth-order valence-corrected chi connectivity index (χ4v) is 4.80. The molecule has 3 rings (SSSR count). The van der Waals surface area contributed by atoms with Gasteiger partial charge in [0.2, 0.25) is 0 Å².